The van der Waals surface area contributed by atoms with Gasteiger partial charge in [-0.05, 0) is 37.2 Å². The van der Waals surface area contributed by atoms with Gasteiger partial charge in [-0.2, -0.15) is 0 Å². The van der Waals surface area contributed by atoms with Crippen molar-refractivity contribution in [1.82, 2.24) is 9.55 Å². The summed E-state index contributed by atoms with van der Waals surface area (Å²) in [5.41, 5.74) is 6.92. The molecule has 0 unspecified atom stereocenters. The van der Waals surface area contributed by atoms with E-state index in [9.17, 15) is 4.79 Å². The van der Waals surface area contributed by atoms with Gasteiger partial charge in [0.05, 0.1) is 19.1 Å². The molecular weight excluding hydrogens is 242 g/mol. The van der Waals surface area contributed by atoms with E-state index in [1.54, 1.807) is 24.1 Å². The van der Waals surface area contributed by atoms with Crippen molar-refractivity contribution in [2.45, 2.75) is 13.0 Å². The van der Waals surface area contributed by atoms with Gasteiger partial charge in [0, 0.05) is 18.2 Å². The average molecular weight is 259 g/mol. The van der Waals surface area contributed by atoms with Crippen molar-refractivity contribution in [3.05, 3.63) is 47.0 Å². The minimum absolute atomic E-state index is 0.0609. The molecule has 2 rings (SSSR count). The molecule has 0 amide bonds. The Bertz CT molecular complexity index is 590. The lowest BCUT2D eigenvalue weighted by Crippen LogP contribution is -2.21. The van der Waals surface area contributed by atoms with Gasteiger partial charge in [0.25, 0.3) is 5.56 Å². The molecule has 0 saturated heterocycles. The second-order valence-electron chi connectivity index (χ2n) is 4.18. The van der Waals surface area contributed by atoms with Crippen LogP contribution >= 0.6 is 0 Å². The van der Waals surface area contributed by atoms with Crippen LogP contribution in [0.3, 0.4) is 0 Å². The van der Waals surface area contributed by atoms with Crippen LogP contribution < -0.4 is 16.0 Å². The number of nitrogens with two attached hydrogens (primary N) is 1. The van der Waals surface area contributed by atoms with Crippen molar-refractivity contribution in [2.24, 2.45) is 5.73 Å². The number of methoxy groups -OCH3 is 1. The van der Waals surface area contributed by atoms with Crippen LogP contribution in [0.5, 0.6) is 5.75 Å². The van der Waals surface area contributed by atoms with Gasteiger partial charge >= 0.3 is 0 Å². The SMILES string of the molecule is COc1ccc(-c2cc(=O)n(CCCN)cn2)cc1. The molecule has 1 aromatic carbocycles. The Labute approximate surface area is 111 Å². The summed E-state index contributed by atoms with van der Waals surface area (Å²) in [5, 5.41) is 0. The maximum absolute atomic E-state index is 11.9. The van der Waals surface area contributed by atoms with Crippen molar-refractivity contribution in [3.8, 4) is 17.0 Å². The first-order valence-electron chi connectivity index (χ1n) is 6.15. The minimum atomic E-state index is -0.0609. The van der Waals surface area contributed by atoms with Crippen molar-refractivity contribution < 1.29 is 4.74 Å². The summed E-state index contributed by atoms with van der Waals surface area (Å²) in [4.78, 5) is 16.2. The molecule has 0 spiro atoms. The molecule has 0 fully saturated rings. The molecule has 0 atom stereocenters. The zero-order chi connectivity index (χ0) is 13.7. The molecule has 2 aromatic rings. The number of benzene rings is 1. The third kappa shape index (κ3) is 3.20. The molecule has 0 aliphatic carbocycles. The first-order valence-corrected chi connectivity index (χ1v) is 6.15. The first-order chi connectivity index (χ1) is 9.24. The number of aryl methyl sites for hydroxylation is 1. The van der Waals surface area contributed by atoms with Crippen molar-refractivity contribution in [1.29, 1.82) is 0 Å². The minimum Gasteiger partial charge on any atom is -0.497 e. The quantitative estimate of drug-likeness (QED) is 0.877. The normalized spacial score (nSPS) is 10.4. The summed E-state index contributed by atoms with van der Waals surface area (Å²) in [7, 11) is 1.62. The smallest absolute Gasteiger partial charge is 0.253 e. The van der Waals surface area contributed by atoms with Crippen LogP contribution in [0.2, 0.25) is 0 Å². The number of rotatable bonds is 5. The van der Waals surface area contributed by atoms with E-state index in [2.05, 4.69) is 4.98 Å². The van der Waals surface area contributed by atoms with E-state index in [0.29, 0.717) is 18.8 Å². The van der Waals surface area contributed by atoms with E-state index >= 15 is 0 Å². The maximum atomic E-state index is 11.9. The summed E-state index contributed by atoms with van der Waals surface area (Å²) < 4.78 is 6.66. The maximum Gasteiger partial charge on any atom is 0.253 e. The molecular formula is C14H17N3O2. The summed E-state index contributed by atoms with van der Waals surface area (Å²) in [6, 6.07) is 8.99. The molecule has 1 aromatic heterocycles. The second-order valence-corrected chi connectivity index (χ2v) is 4.18. The monoisotopic (exact) mass is 259 g/mol. The molecule has 0 bridgehead atoms. The lowest BCUT2D eigenvalue weighted by atomic mass is 10.1. The zero-order valence-corrected chi connectivity index (χ0v) is 10.9. The first kappa shape index (κ1) is 13.3. The van der Waals surface area contributed by atoms with Crippen LogP contribution in [0.4, 0.5) is 0 Å². The van der Waals surface area contributed by atoms with Crippen LogP contribution in [0.15, 0.2) is 41.5 Å². The average Bonchev–Trinajstić information content (AvgIpc) is 2.46. The van der Waals surface area contributed by atoms with Crippen molar-refractivity contribution in [3.63, 3.8) is 0 Å². The molecule has 5 heteroatoms. The van der Waals surface area contributed by atoms with Crippen molar-refractivity contribution in [2.75, 3.05) is 13.7 Å². The fourth-order valence-corrected chi connectivity index (χ4v) is 1.78. The standard InChI is InChI=1S/C14H17N3O2/c1-19-12-5-3-11(4-6-12)13-9-14(18)17(10-16-13)8-2-7-15/h3-6,9-10H,2,7-8,15H2,1H3. The van der Waals surface area contributed by atoms with Crippen LogP contribution in [0.1, 0.15) is 6.42 Å². The number of nitrogens with zero attached hydrogens (tertiary/aromatic N) is 2. The summed E-state index contributed by atoms with van der Waals surface area (Å²) >= 11 is 0. The summed E-state index contributed by atoms with van der Waals surface area (Å²) in [6.45, 7) is 1.16. The van der Waals surface area contributed by atoms with Gasteiger partial charge in [-0.25, -0.2) is 4.98 Å². The lowest BCUT2D eigenvalue weighted by molar-refractivity contribution is 0.415. The van der Waals surface area contributed by atoms with Gasteiger partial charge in [-0.1, -0.05) is 0 Å². The van der Waals surface area contributed by atoms with Crippen LogP contribution in [0.25, 0.3) is 11.3 Å². The lowest BCUT2D eigenvalue weighted by Gasteiger charge is -2.06. The van der Waals surface area contributed by atoms with Gasteiger partial charge in [0.15, 0.2) is 0 Å². The van der Waals surface area contributed by atoms with Gasteiger partial charge in [0.2, 0.25) is 0 Å². The second kappa shape index (κ2) is 6.15. The van der Waals surface area contributed by atoms with Gasteiger partial charge < -0.3 is 10.5 Å². The number of ether oxygens (including phenoxy) is 1. The van der Waals surface area contributed by atoms with Crippen LogP contribution in [-0.4, -0.2) is 23.2 Å². The van der Waals surface area contributed by atoms with Gasteiger partial charge in [0.1, 0.15) is 5.75 Å². The summed E-state index contributed by atoms with van der Waals surface area (Å²) in [5.74, 6) is 0.778. The molecule has 0 aliphatic rings. The van der Waals surface area contributed by atoms with E-state index in [4.69, 9.17) is 10.5 Å². The Morgan fingerprint density at radius 3 is 2.63 bits per heavy atom. The largest absolute Gasteiger partial charge is 0.497 e. The fraction of sp³-hybridized carbons (Fsp3) is 0.286. The zero-order valence-electron chi connectivity index (χ0n) is 10.9. The number of hydrogen-bond acceptors (Lipinski definition) is 4. The Morgan fingerprint density at radius 1 is 1.32 bits per heavy atom. The molecule has 2 N–H and O–H groups in total. The van der Waals surface area contributed by atoms with E-state index in [1.807, 2.05) is 24.3 Å². The van der Waals surface area contributed by atoms with Gasteiger partial charge in [-0.3, -0.25) is 9.36 Å². The summed E-state index contributed by atoms with van der Waals surface area (Å²) in [6.07, 6.45) is 2.33. The van der Waals surface area contributed by atoms with E-state index in [0.717, 1.165) is 17.7 Å². The molecule has 1 heterocycles. The van der Waals surface area contributed by atoms with E-state index < -0.39 is 0 Å². The van der Waals surface area contributed by atoms with Crippen molar-refractivity contribution >= 4 is 0 Å². The number of aromatic nitrogens is 2. The molecule has 5 nitrogen and oxygen atoms in total. The van der Waals surface area contributed by atoms with E-state index in [1.165, 1.54) is 0 Å². The Balaban J connectivity index is 2.25. The predicted molar refractivity (Wildman–Crippen MR) is 74.2 cm³/mol. The van der Waals surface area contributed by atoms with Crippen LogP contribution in [0, 0.1) is 0 Å². The molecule has 0 aliphatic heterocycles. The predicted octanol–water partition coefficient (Wildman–Crippen LogP) is 1.27. The Kier molecular flexibility index (Phi) is 4.30. The third-order valence-electron chi connectivity index (χ3n) is 2.87. The highest BCUT2D eigenvalue weighted by Crippen LogP contribution is 2.19. The van der Waals surface area contributed by atoms with Gasteiger partial charge in [-0.15, -0.1) is 0 Å². The number of hydrogen-bond donors (Lipinski definition) is 1. The fourth-order valence-electron chi connectivity index (χ4n) is 1.78. The highest BCUT2D eigenvalue weighted by molar-refractivity contribution is 5.59. The molecule has 19 heavy (non-hydrogen) atoms. The molecule has 100 valence electrons. The third-order valence-corrected chi connectivity index (χ3v) is 2.87. The Morgan fingerprint density at radius 2 is 2.05 bits per heavy atom. The highest BCUT2D eigenvalue weighted by atomic mass is 16.5. The van der Waals surface area contributed by atoms with Crippen LogP contribution in [-0.2, 0) is 6.54 Å². The highest BCUT2D eigenvalue weighted by Gasteiger charge is 2.03. The molecule has 0 radical (unpaired) electrons. The van der Waals surface area contributed by atoms with E-state index in [-0.39, 0.29) is 5.56 Å². The molecule has 0 saturated carbocycles. The Hall–Kier alpha value is -2.14. The topological polar surface area (TPSA) is 70.1 Å².